The van der Waals surface area contributed by atoms with Gasteiger partial charge in [0.1, 0.15) is 5.75 Å². The van der Waals surface area contributed by atoms with Gasteiger partial charge in [0.2, 0.25) is 0 Å². The zero-order valence-corrected chi connectivity index (χ0v) is 11.9. The number of aliphatic carboxylic acids is 1. The smallest absolute Gasteiger partial charge is 0.304 e. The van der Waals surface area contributed by atoms with Gasteiger partial charge in [0, 0.05) is 33.7 Å². The van der Waals surface area contributed by atoms with Crippen LogP contribution >= 0.6 is 0 Å². The molecule has 8 heteroatoms. The molecule has 0 aromatic heterocycles. The van der Waals surface area contributed by atoms with E-state index in [2.05, 4.69) is 0 Å². The van der Waals surface area contributed by atoms with Crippen molar-refractivity contribution >= 4 is 22.5 Å². The third-order valence-corrected chi connectivity index (χ3v) is 4.34. The first-order valence-electron chi connectivity index (χ1n) is 5.75. The van der Waals surface area contributed by atoms with Crippen molar-refractivity contribution in [2.45, 2.75) is 24.3 Å². The summed E-state index contributed by atoms with van der Waals surface area (Å²) < 4.78 is 17.1. The maximum atomic E-state index is 12.0. The van der Waals surface area contributed by atoms with Gasteiger partial charge < -0.3 is 9.84 Å². The number of nitro groups is 1. The predicted octanol–water partition coefficient (Wildman–Crippen LogP) is 1.72. The number of nitrogens with zero attached hydrogens (tertiary/aromatic N) is 1. The lowest BCUT2D eigenvalue weighted by Gasteiger charge is -2.11. The molecule has 2 unspecified atom stereocenters. The molecule has 20 heavy (non-hydrogen) atoms. The number of hydrogen-bond acceptors (Lipinski definition) is 5. The van der Waals surface area contributed by atoms with Crippen LogP contribution in [0.4, 0.5) is 5.69 Å². The number of carbonyl (C=O) groups is 1. The molecule has 1 rings (SSSR count). The number of rotatable bonds is 7. The Balaban J connectivity index is 2.94. The summed E-state index contributed by atoms with van der Waals surface area (Å²) in [6.07, 6.45) is -0.218. The molecule has 0 aliphatic heterocycles. The highest BCUT2D eigenvalue weighted by Gasteiger charge is 2.19. The van der Waals surface area contributed by atoms with E-state index >= 15 is 0 Å². The van der Waals surface area contributed by atoms with Crippen LogP contribution in [0.25, 0.3) is 0 Å². The molecule has 110 valence electrons. The van der Waals surface area contributed by atoms with Crippen molar-refractivity contribution in [3.05, 3.63) is 33.9 Å². The summed E-state index contributed by atoms with van der Waals surface area (Å²) in [4.78, 5) is 20.8. The minimum Gasteiger partial charge on any atom is -0.496 e. The van der Waals surface area contributed by atoms with E-state index in [0.717, 1.165) is 0 Å². The van der Waals surface area contributed by atoms with Gasteiger partial charge in [-0.2, -0.15) is 0 Å². The van der Waals surface area contributed by atoms with Crippen LogP contribution in [0.5, 0.6) is 5.75 Å². The highest BCUT2D eigenvalue weighted by atomic mass is 32.2. The Bertz CT molecular complexity index is 545. The van der Waals surface area contributed by atoms with Crippen molar-refractivity contribution in [3.63, 3.8) is 0 Å². The molecule has 0 radical (unpaired) electrons. The Morgan fingerprint density at radius 1 is 1.55 bits per heavy atom. The summed E-state index contributed by atoms with van der Waals surface area (Å²) in [6, 6.07) is 4.03. The third kappa shape index (κ3) is 4.30. The maximum Gasteiger partial charge on any atom is 0.304 e. The Morgan fingerprint density at radius 3 is 2.70 bits per heavy atom. The summed E-state index contributed by atoms with van der Waals surface area (Å²) in [5, 5.41) is 18.9. The van der Waals surface area contributed by atoms with Gasteiger partial charge in [0.15, 0.2) is 0 Å². The molecule has 0 saturated heterocycles. The molecule has 1 aromatic carbocycles. The van der Waals surface area contributed by atoms with Crippen LogP contribution in [-0.4, -0.2) is 32.6 Å². The zero-order valence-electron chi connectivity index (χ0n) is 11.1. The number of non-ortho nitro benzene ring substituents is 1. The van der Waals surface area contributed by atoms with Crippen LogP contribution in [0.3, 0.4) is 0 Å². The fourth-order valence-electron chi connectivity index (χ4n) is 1.63. The number of hydrogen-bond donors (Lipinski definition) is 1. The Labute approximate surface area is 118 Å². The second-order valence-electron chi connectivity index (χ2n) is 4.19. The largest absolute Gasteiger partial charge is 0.496 e. The van der Waals surface area contributed by atoms with Crippen molar-refractivity contribution in [3.8, 4) is 5.75 Å². The summed E-state index contributed by atoms with van der Waals surface area (Å²) in [7, 11) is -0.0422. The average molecular weight is 301 g/mol. The molecule has 2 atom stereocenters. The van der Waals surface area contributed by atoms with Gasteiger partial charge in [-0.05, 0) is 6.07 Å². The lowest BCUT2D eigenvalue weighted by atomic mass is 10.2. The summed E-state index contributed by atoms with van der Waals surface area (Å²) in [5.74, 6) is -0.623. The van der Waals surface area contributed by atoms with Gasteiger partial charge in [-0.15, -0.1) is 0 Å². The second-order valence-corrected chi connectivity index (χ2v) is 6.04. The van der Waals surface area contributed by atoms with Gasteiger partial charge in [-0.3, -0.25) is 19.1 Å². The molecule has 0 spiro atoms. The van der Waals surface area contributed by atoms with Crippen LogP contribution < -0.4 is 4.74 Å². The van der Waals surface area contributed by atoms with E-state index < -0.39 is 26.9 Å². The number of benzene rings is 1. The van der Waals surface area contributed by atoms with E-state index in [1.165, 1.54) is 25.3 Å². The van der Waals surface area contributed by atoms with Crippen LogP contribution in [0, 0.1) is 10.1 Å². The fourth-order valence-corrected chi connectivity index (χ4v) is 2.77. The van der Waals surface area contributed by atoms with E-state index in [1.54, 1.807) is 6.92 Å². The van der Waals surface area contributed by atoms with Crippen LogP contribution in [-0.2, 0) is 21.3 Å². The minimum absolute atomic E-state index is 0.0132. The van der Waals surface area contributed by atoms with Crippen molar-refractivity contribution < 1.29 is 23.8 Å². The maximum absolute atomic E-state index is 12.0. The second kappa shape index (κ2) is 6.99. The first-order chi connectivity index (χ1) is 9.35. The predicted molar refractivity (Wildman–Crippen MR) is 73.2 cm³/mol. The van der Waals surface area contributed by atoms with Gasteiger partial charge in [-0.1, -0.05) is 6.92 Å². The summed E-state index contributed by atoms with van der Waals surface area (Å²) >= 11 is 0. The van der Waals surface area contributed by atoms with Crippen LogP contribution in [0.15, 0.2) is 18.2 Å². The van der Waals surface area contributed by atoms with Gasteiger partial charge in [0.25, 0.3) is 5.69 Å². The van der Waals surface area contributed by atoms with E-state index in [4.69, 9.17) is 9.84 Å². The minimum atomic E-state index is -1.45. The molecule has 1 N–H and O–H groups in total. The zero-order chi connectivity index (χ0) is 15.3. The number of carboxylic acid groups (broad SMARTS) is 1. The van der Waals surface area contributed by atoms with Crippen molar-refractivity contribution in [1.82, 2.24) is 0 Å². The SMILES string of the molecule is COc1ccc([N+](=O)[O-])cc1CS(=O)C(C)CC(=O)O. The normalized spacial score (nSPS) is 13.5. The Hall–Kier alpha value is -1.96. The average Bonchev–Trinajstić information content (AvgIpc) is 2.37. The molecule has 0 saturated carbocycles. The number of ether oxygens (including phenoxy) is 1. The third-order valence-electron chi connectivity index (χ3n) is 2.68. The molecule has 0 fully saturated rings. The number of nitro benzene ring substituents is 1. The topological polar surface area (TPSA) is 107 Å². The highest BCUT2D eigenvalue weighted by Crippen LogP contribution is 2.26. The van der Waals surface area contributed by atoms with Gasteiger partial charge in [-0.25, -0.2) is 0 Å². The molecule has 1 aromatic rings. The number of methoxy groups -OCH3 is 1. The monoisotopic (exact) mass is 301 g/mol. The van der Waals surface area contributed by atoms with Crippen LogP contribution in [0.1, 0.15) is 18.9 Å². The fraction of sp³-hybridized carbons (Fsp3) is 0.417. The summed E-state index contributed by atoms with van der Waals surface area (Å²) in [5.41, 5.74) is 0.306. The quantitative estimate of drug-likeness (QED) is 0.607. The Kier molecular flexibility index (Phi) is 5.63. The van der Waals surface area contributed by atoms with Crippen LogP contribution in [0.2, 0.25) is 0 Å². The number of carboxylic acids is 1. The van der Waals surface area contributed by atoms with Crippen molar-refractivity contribution in [2.75, 3.05) is 7.11 Å². The summed E-state index contributed by atoms with van der Waals surface area (Å²) in [6.45, 7) is 1.56. The van der Waals surface area contributed by atoms with Crippen molar-refractivity contribution in [2.24, 2.45) is 0 Å². The molecular formula is C12H15NO6S. The molecule has 0 heterocycles. The molecule has 0 aliphatic carbocycles. The molecular weight excluding hydrogens is 286 g/mol. The molecule has 0 amide bonds. The van der Waals surface area contributed by atoms with Gasteiger partial charge in [0.05, 0.1) is 24.2 Å². The lowest BCUT2D eigenvalue weighted by molar-refractivity contribution is -0.384. The van der Waals surface area contributed by atoms with Gasteiger partial charge >= 0.3 is 5.97 Å². The lowest BCUT2D eigenvalue weighted by Crippen LogP contribution is -2.17. The first-order valence-corrected chi connectivity index (χ1v) is 7.13. The Morgan fingerprint density at radius 2 is 2.20 bits per heavy atom. The first kappa shape index (κ1) is 16.1. The standard InChI is InChI=1S/C12H15NO6S/c1-8(5-12(14)15)20(18)7-9-6-10(13(16)17)3-4-11(9)19-2/h3-4,6,8H,5,7H2,1-2H3,(H,14,15). The molecule has 0 aliphatic rings. The van der Waals surface area contributed by atoms with E-state index in [1.807, 2.05) is 0 Å². The molecule has 7 nitrogen and oxygen atoms in total. The molecule has 0 bridgehead atoms. The highest BCUT2D eigenvalue weighted by molar-refractivity contribution is 7.84. The van der Waals surface area contributed by atoms with E-state index in [-0.39, 0.29) is 17.9 Å². The van der Waals surface area contributed by atoms with E-state index in [9.17, 15) is 19.1 Å². The van der Waals surface area contributed by atoms with Crippen molar-refractivity contribution in [1.29, 1.82) is 0 Å². The van der Waals surface area contributed by atoms with E-state index in [0.29, 0.717) is 11.3 Å².